The molecule has 1 aliphatic heterocycles. The van der Waals surface area contributed by atoms with E-state index >= 15 is 0 Å². The largest absolute Gasteiger partial charge is 0.379 e. The van der Waals surface area contributed by atoms with Crippen LogP contribution in [0, 0.1) is 11.3 Å². The van der Waals surface area contributed by atoms with Crippen LogP contribution in [0.15, 0.2) is 24.3 Å². The van der Waals surface area contributed by atoms with Crippen LogP contribution in [0.5, 0.6) is 0 Å². The highest BCUT2D eigenvalue weighted by molar-refractivity contribution is 6.35. The fraction of sp³-hybridized carbons (Fsp3) is 0.591. The Bertz CT molecular complexity index is 869. The van der Waals surface area contributed by atoms with Crippen molar-refractivity contribution in [1.29, 1.82) is 0 Å². The maximum absolute atomic E-state index is 6.38. The van der Waals surface area contributed by atoms with Gasteiger partial charge in [-0.15, -0.1) is 5.10 Å². The topological polar surface area (TPSA) is 56.1 Å². The van der Waals surface area contributed by atoms with Gasteiger partial charge in [0.15, 0.2) is 5.82 Å². The van der Waals surface area contributed by atoms with Crippen LogP contribution in [0.2, 0.25) is 10.0 Å². The zero-order valence-electron chi connectivity index (χ0n) is 18.3. The molecule has 2 heterocycles. The Labute approximate surface area is 189 Å². The number of benzene rings is 1. The van der Waals surface area contributed by atoms with Gasteiger partial charge in [-0.25, -0.2) is 4.68 Å². The molecule has 0 N–H and O–H groups in total. The molecule has 0 saturated carbocycles. The molecule has 1 aromatic heterocycles. The number of halogens is 2. The highest BCUT2D eigenvalue weighted by Gasteiger charge is 2.34. The second-order valence-electron chi connectivity index (χ2n) is 9.15. The fourth-order valence-electron chi connectivity index (χ4n) is 3.90. The van der Waals surface area contributed by atoms with E-state index < -0.39 is 0 Å². The number of rotatable bonds is 6. The Kier molecular flexibility index (Phi) is 7.56. The van der Waals surface area contributed by atoms with Crippen molar-refractivity contribution in [3.63, 3.8) is 0 Å². The molecule has 1 aliphatic rings. The minimum Gasteiger partial charge on any atom is -0.379 e. The van der Waals surface area contributed by atoms with Gasteiger partial charge in [-0.2, -0.15) is 0 Å². The molecule has 0 aliphatic carbocycles. The predicted octanol–water partition coefficient (Wildman–Crippen LogP) is 5.31. The summed E-state index contributed by atoms with van der Waals surface area (Å²) in [4.78, 5) is 2.43. The number of hydrogen-bond donors (Lipinski definition) is 0. The summed E-state index contributed by atoms with van der Waals surface area (Å²) in [6.45, 7) is 14.2. The van der Waals surface area contributed by atoms with Crippen molar-refractivity contribution in [3.8, 4) is 0 Å². The van der Waals surface area contributed by atoms with E-state index in [4.69, 9.17) is 27.9 Å². The van der Waals surface area contributed by atoms with Gasteiger partial charge in [0.25, 0.3) is 0 Å². The van der Waals surface area contributed by atoms with E-state index in [0.717, 1.165) is 37.7 Å². The van der Waals surface area contributed by atoms with Crippen LogP contribution >= 0.6 is 23.2 Å². The Morgan fingerprint density at radius 1 is 1.13 bits per heavy atom. The van der Waals surface area contributed by atoms with Crippen molar-refractivity contribution in [3.05, 3.63) is 45.7 Å². The maximum Gasteiger partial charge on any atom is 0.169 e. The van der Waals surface area contributed by atoms with Crippen LogP contribution < -0.4 is 0 Å². The normalized spacial score (nSPS) is 18.3. The summed E-state index contributed by atoms with van der Waals surface area (Å²) in [5, 5.41) is 14.2. The van der Waals surface area contributed by atoms with E-state index in [9.17, 15) is 0 Å². The molecule has 6 nitrogen and oxygen atoms in total. The molecule has 3 rings (SSSR count). The summed E-state index contributed by atoms with van der Waals surface area (Å²) < 4.78 is 7.53. The van der Waals surface area contributed by atoms with Gasteiger partial charge in [-0.1, -0.05) is 76.0 Å². The SMILES string of the molecule is CC(C)[C@H](c1nnnn1[C@@H](/C=C/c1ccc(Cl)cc1Cl)C(C)(C)C)N1CCOCC1. The quantitative estimate of drug-likeness (QED) is 0.595. The van der Waals surface area contributed by atoms with Crippen molar-refractivity contribution >= 4 is 29.3 Å². The summed E-state index contributed by atoms with van der Waals surface area (Å²) in [6, 6.07) is 5.60. The van der Waals surface area contributed by atoms with E-state index in [1.165, 1.54) is 0 Å². The molecule has 1 aromatic carbocycles. The summed E-state index contributed by atoms with van der Waals surface area (Å²) in [5.41, 5.74) is 0.810. The van der Waals surface area contributed by atoms with Gasteiger partial charge >= 0.3 is 0 Å². The van der Waals surface area contributed by atoms with Gasteiger partial charge in [-0.05, 0) is 39.5 Å². The molecule has 164 valence electrons. The molecule has 2 atom stereocenters. The molecule has 0 radical (unpaired) electrons. The standard InChI is InChI=1S/C22H31Cl2N5O/c1-15(2)20(28-10-12-30-13-11-28)21-25-26-27-29(21)19(22(3,4)5)9-7-16-6-8-17(23)14-18(16)24/h6-9,14-15,19-20H,10-13H2,1-5H3/b9-7+/t19-,20+/m0/s1. The minimum atomic E-state index is -0.105. The van der Waals surface area contributed by atoms with Crippen LogP contribution in [0.25, 0.3) is 6.08 Å². The van der Waals surface area contributed by atoms with Crippen molar-refractivity contribution < 1.29 is 4.74 Å². The summed E-state index contributed by atoms with van der Waals surface area (Å²) in [7, 11) is 0. The second kappa shape index (κ2) is 9.77. The van der Waals surface area contributed by atoms with Gasteiger partial charge < -0.3 is 4.74 Å². The van der Waals surface area contributed by atoms with Gasteiger partial charge in [0.05, 0.1) is 25.3 Å². The molecule has 1 saturated heterocycles. The molecule has 0 bridgehead atoms. The lowest BCUT2D eigenvalue weighted by Gasteiger charge is -2.37. The van der Waals surface area contributed by atoms with E-state index in [1.807, 2.05) is 22.9 Å². The molecule has 0 amide bonds. The van der Waals surface area contributed by atoms with Crippen molar-refractivity contribution in [2.24, 2.45) is 11.3 Å². The van der Waals surface area contributed by atoms with Crippen LogP contribution in [-0.4, -0.2) is 51.4 Å². The molecule has 8 heteroatoms. The molecular formula is C22H31Cl2N5O. The van der Waals surface area contributed by atoms with Crippen molar-refractivity contribution in [2.75, 3.05) is 26.3 Å². The van der Waals surface area contributed by atoms with E-state index in [0.29, 0.717) is 16.0 Å². The lowest BCUT2D eigenvalue weighted by Crippen LogP contribution is -2.42. The first-order valence-electron chi connectivity index (χ1n) is 10.4. The summed E-state index contributed by atoms with van der Waals surface area (Å²) in [6.07, 6.45) is 4.16. The van der Waals surface area contributed by atoms with Crippen molar-refractivity contribution in [1.82, 2.24) is 25.1 Å². The Morgan fingerprint density at radius 2 is 1.83 bits per heavy atom. The summed E-state index contributed by atoms with van der Waals surface area (Å²) >= 11 is 12.4. The maximum atomic E-state index is 6.38. The van der Waals surface area contributed by atoms with Crippen LogP contribution in [-0.2, 0) is 4.74 Å². The number of ether oxygens (including phenoxy) is 1. The lowest BCUT2D eigenvalue weighted by atomic mass is 9.85. The molecule has 30 heavy (non-hydrogen) atoms. The molecule has 0 spiro atoms. The third-order valence-electron chi connectivity index (χ3n) is 5.42. The Balaban J connectivity index is 1.98. The molecular weight excluding hydrogens is 421 g/mol. The average molecular weight is 452 g/mol. The molecule has 2 aromatic rings. The number of aromatic nitrogens is 4. The van der Waals surface area contributed by atoms with E-state index in [-0.39, 0.29) is 17.5 Å². The van der Waals surface area contributed by atoms with Crippen molar-refractivity contribution in [2.45, 2.75) is 46.7 Å². The average Bonchev–Trinajstić information content (AvgIpc) is 3.12. The van der Waals surface area contributed by atoms with Gasteiger partial charge in [0.2, 0.25) is 0 Å². The smallest absolute Gasteiger partial charge is 0.169 e. The number of hydrogen-bond acceptors (Lipinski definition) is 5. The number of nitrogens with zero attached hydrogens (tertiary/aromatic N) is 5. The first kappa shape index (κ1) is 23.2. The van der Waals surface area contributed by atoms with E-state index in [2.05, 4.69) is 61.1 Å². The predicted molar refractivity (Wildman–Crippen MR) is 122 cm³/mol. The van der Waals surface area contributed by atoms with Gasteiger partial charge in [0.1, 0.15) is 0 Å². The minimum absolute atomic E-state index is 0.0449. The highest BCUT2D eigenvalue weighted by Crippen LogP contribution is 2.36. The third-order valence-corrected chi connectivity index (χ3v) is 5.99. The second-order valence-corrected chi connectivity index (χ2v) is 10.00. The van der Waals surface area contributed by atoms with E-state index in [1.54, 1.807) is 6.07 Å². The lowest BCUT2D eigenvalue weighted by molar-refractivity contribution is 0.00148. The summed E-state index contributed by atoms with van der Waals surface area (Å²) in [5.74, 6) is 1.25. The monoisotopic (exact) mass is 451 g/mol. The number of allylic oxidation sites excluding steroid dienone is 1. The Hall–Kier alpha value is -1.47. The highest BCUT2D eigenvalue weighted by atomic mass is 35.5. The third kappa shape index (κ3) is 5.41. The number of tetrazole rings is 1. The molecule has 0 unspecified atom stereocenters. The van der Waals surface area contributed by atoms with Crippen LogP contribution in [0.1, 0.15) is 58.1 Å². The van der Waals surface area contributed by atoms with Crippen LogP contribution in [0.3, 0.4) is 0 Å². The van der Waals surface area contributed by atoms with Gasteiger partial charge in [0, 0.05) is 23.1 Å². The van der Waals surface area contributed by atoms with Crippen LogP contribution in [0.4, 0.5) is 0 Å². The van der Waals surface area contributed by atoms with Gasteiger partial charge in [-0.3, -0.25) is 4.90 Å². The molecule has 1 fully saturated rings. The Morgan fingerprint density at radius 3 is 2.43 bits per heavy atom. The number of morpholine rings is 1. The first-order chi connectivity index (χ1) is 14.2. The fourth-order valence-corrected chi connectivity index (χ4v) is 4.37. The zero-order valence-corrected chi connectivity index (χ0v) is 19.9. The zero-order chi connectivity index (χ0) is 21.9. The first-order valence-corrected chi connectivity index (χ1v) is 11.2.